The number of ether oxygens (including phenoxy) is 1. The van der Waals surface area contributed by atoms with E-state index in [-0.39, 0.29) is 12.4 Å². The van der Waals surface area contributed by atoms with Crippen molar-refractivity contribution in [3.63, 3.8) is 0 Å². The summed E-state index contributed by atoms with van der Waals surface area (Å²) in [5.74, 6) is -0.139. The summed E-state index contributed by atoms with van der Waals surface area (Å²) in [6, 6.07) is 0. The molecule has 0 amide bonds. The lowest BCUT2D eigenvalue weighted by Crippen LogP contribution is -2.06. The zero-order valence-corrected chi connectivity index (χ0v) is 5.55. The molecular formula is C6H7N2O2. The topological polar surface area (TPSA) is 55.0 Å². The first-order valence-corrected chi connectivity index (χ1v) is 2.78. The summed E-state index contributed by atoms with van der Waals surface area (Å²) in [6.07, 6.45) is 3.91. The lowest BCUT2D eigenvalue weighted by Gasteiger charge is -1.91. The summed E-state index contributed by atoms with van der Waals surface area (Å²) in [5, 5.41) is 0. The number of aromatic amines is 1. The van der Waals surface area contributed by atoms with E-state index in [9.17, 15) is 4.79 Å². The molecule has 1 aromatic rings. The van der Waals surface area contributed by atoms with E-state index < -0.39 is 0 Å². The van der Waals surface area contributed by atoms with Gasteiger partial charge in [0.2, 0.25) is 5.78 Å². The number of carbonyl (C=O) groups is 1. The number of ketones is 1. The van der Waals surface area contributed by atoms with Crippen LogP contribution < -0.4 is 0 Å². The van der Waals surface area contributed by atoms with Crippen LogP contribution in [0.3, 0.4) is 0 Å². The summed E-state index contributed by atoms with van der Waals surface area (Å²) >= 11 is 0. The van der Waals surface area contributed by atoms with Crippen molar-refractivity contribution < 1.29 is 9.53 Å². The average molecular weight is 139 g/mol. The molecule has 1 radical (unpaired) electrons. The molecule has 1 N–H and O–H groups in total. The molecule has 10 heavy (non-hydrogen) atoms. The lowest BCUT2D eigenvalue weighted by atomic mass is 10.3. The molecule has 0 unspecified atom stereocenters. The molecule has 0 spiro atoms. The van der Waals surface area contributed by atoms with Crippen LogP contribution in [0.4, 0.5) is 0 Å². The SMILES string of the molecule is COCC(=O)c1c[nH][c]n1. The molecule has 4 heteroatoms. The highest BCUT2D eigenvalue weighted by molar-refractivity contribution is 5.94. The second kappa shape index (κ2) is 3.12. The van der Waals surface area contributed by atoms with Crippen LogP contribution in [0.5, 0.6) is 0 Å². The molecule has 0 saturated heterocycles. The van der Waals surface area contributed by atoms with E-state index >= 15 is 0 Å². The Morgan fingerprint density at radius 2 is 2.80 bits per heavy atom. The van der Waals surface area contributed by atoms with Crippen molar-refractivity contribution >= 4 is 5.78 Å². The van der Waals surface area contributed by atoms with E-state index in [0.717, 1.165) is 0 Å². The fourth-order valence-electron chi connectivity index (χ4n) is 0.573. The predicted octanol–water partition coefficient (Wildman–Crippen LogP) is 0.0390. The maximum atomic E-state index is 10.9. The number of aromatic nitrogens is 2. The number of hydrogen-bond donors (Lipinski definition) is 1. The number of H-pyrrole nitrogens is 1. The fourth-order valence-corrected chi connectivity index (χ4v) is 0.573. The highest BCUT2D eigenvalue weighted by Gasteiger charge is 2.05. The normalized spacial score (nSPS) is 9.70. The summed E-state index contributed by atoms with van der Waals surface area (Å²) < 4.78 is 4.61. The minimum atomic E-state index is -0.139. The van der Waals surface area contributed by atoms with E-state index in [1.807, 2.05) is 0 Å². The van der Waals surface area contributed by atoms with Gasteiger partial charge in [-0.25, -0.2) is 4.98 Å². The third-order valence-corrected chi connectivity index (χ3v) is 1.01. The van der Waals surface area contributed by atoms with Crippen LogP contribution in [0.25, 0.3) is 0 Å². The van der Waals surface area contributed by atoms with Crippen molar-refractivity contribution in [3.05, 3.63) is 18.2 Å². The summed E-state index contributed by atoms with van der Waals surface area (Å²) in [5.41, 5.74) is 0.363. The van der Waals surface area contributed by atoms with E-state index in [1.54, 1.807) is 0 Å². The Bertz CT molecular complexity index is 206. The first-order chi connectivity index (χ1) is 4.84. The van der Waals surface area contributed by atoms with Gasteiger partial charge in [0, 0.05) is 13.3 Å². The Kier molecular flexibility index (Phi) is 2.17. The average Bonchev–Trinajstić information content (AvgIpc) is 2.38. The first-order valence-electron chi connectivity index (χ1n) is 2.78. The van der Waals surface area contributed by atoms with Crippen LogP contribution in [0.1, 0.15) is 10.5 Å². The number of imidazole rings is 1. The van der Waals surface area contributed by atoms with Crippen LogP contribution in [-0.4, -0.2) is 29.5 Å². The number of rotatable bonds is 3. The van der Waals surface area contributed by atoms with E-state index in [1.165, 1.54) is 13.3 Å². The summed E-state index contributed by atoms with van der Waals surface area (Å²) in [6.45, 7) is 0.0681. The Morgan fingerprint density at radius 1 is 2.00 bits per heavy atom. The van der Waals surface area contributed by atoms with Gasteiger partial charge in [0.15, 0.2) is 6.33 Å². The quantitative estimate of drug-likeness (QED) is 0.601. The van der Waals surface area contributed by atoms with Gasteiger partial charge in [0.1, 0.15) is 12.3 Å². The number of carbonyl (C=O) groups excluding carboxylic acids is 1. The Hall–Kier alpha value is -1.16. The van der Waals surface area contributed by atoms with Gasteiger partial charge in [-0.3, -0.25) is 4.79 Å². The maximum absolute atomic E-state index is 10.9. The second-order valence-corrected chi connectivity index (χ2v) is 1.75. The predicted molar refractivity (Wildman–Crippen MR) is 33.6 cm³/mol. The zero-order valence-electron chi connectivity index (χ0n) is 5.55. The number of nitrogens with one attached hydrogen (secondary N) is 1. The molecule has 0 aliphatic rings. The monoisotopic (exact) mass is 139 g/mol. The van der Waals surface area contributed by atoms with Gasteiger partial charge in [0.05, 0.1) is 0 Å². The Morgan fingerprint density at radius 3 is 3.30 bits per heavy atom. The molecule has 1 heterocycles. The van der Waals surface area contributed by atoms with E-state index in [2.05, 4.69) is 21.0 Å². The Balaban J connectivity index is 2.59. The van der Waals surface area contributed by atoms with Gasteiger partial charge in [0.25, 0.3) is 0 Å². The maximum Gasteiger partial charge on any atom is 0.208 e. The third kappa shape index (κ3) is 1.41. The second-order valence-electron chi connectivity index (χ2n) is 1.75. The molecular weight excluding hydrogens is 132 g/mol. The van der Waals surface area contributed by atoms with Crippen LogP contribution in [0.2, 0.25) is 0 Å². The minimum Gasteiger partial charge on any atom is -0.376 e. The molecule has 0 fully saturated rings. The van der Waals surface area contributed by atoms with Crippen molar-refractivity contribution in [3.8, 4) is 0 Å². The summed E-state index contributed by atoms with van der Waals surface area (Å²) in [4.78, 5) is 17.1. The molecule has 1 aromatic heterocycles. The molecule has 0 aromatic carbocycles. The third-order valence-electron chi connectivity index (χ3n) is 1.01. The molecule has 0 saturated carbocycles. The molecule has 53 valence electrons. The number of methoxy groups -OCH3 is 1. The van der Waals surface area contributed by atoms with Gasteiger partial charge >= 0.3 is 0 Å². The molecule has 0 aliphatic heterocycles. The van der Waals surface area contributed by atoms with Crippen molar-refractivity contribution in [2.24, 2.45) is 0 Å². The van der Waals surface area contributed by atoms with E-state index in [4.69, 9.17) is 0 Å². The summed E-state index contributed by atoms with van der Waals surface area (Å²) in [7, 11) is 1.47. The first kappa shape index (κ1) is 6.95. The lowest BCUT2D eigenvalue weighted by molar-refractivity contribution is 0.0843. The van der Waals surface area contributed by atoms with Gasteiger partial charge in [-0.1, -0.05) is 0 Å². The van der Waals surface area contributed by atoms with Gasteiger partial charge in [-0.05, 0) is 0 Å². The highest BCUT2D eigenvalue weighted by Crippen LogP contribution is 1.91. The Labute approximate surface area is 58.2 Å². The molecule has 0 atom stereocenters. The molecule has 1 rings (SSSR count). The standard InChI is InChI=1S/C6H7N2O2/c1-10-3-6(9)5-2-7-4-8-5/h2H,3H2,1H3,(H,7,8). The van der Waals surface area contributed by atoms with Gasteiger partial charge in [-0.15, -0.1) is 0 Å². The van der Waals surface area contributed by atoms with Crippen LogP contribution >= 0.6 is 0 Å². The van der Waals surface area contributed by atoms with Gasteiger partial charge < -0.3 is 9.72 Å². The van der Waals surface area contributed by atoms with Crippen LogP contribution in [0, 0.1) is 6.33 Å². The van der Waals surface area contributed by atoms with Crippen LogP contribution in [0.15, 0.2) is 6.20 Å². The van der Waals surface area contributed by atoms with Crippen molar-refractivity contribution in [2.45, 2.75) is 0 Å². The van der Waals surface area contributed by atoms with E-state index in [0.29, 0.717) is 5.69 Å². The highest BCUT2D eigenvalue weighted by atomic mass is 16.5. The number of Topliss-reactive ketones (excluding diaryl/α,β-unsaturated/α-hetero) is 1. The smallest absolute Gasteiger partial charge is 0.208 e. The molecule has 4 nitrogen and oxygen atoms in total. The minimum absolute atomic E-state index is 0.0681. The largest absolute Gasteiger partial charge is 0.376 e. The number of nitrogens with zero attached hydrogens (tertiary/aromatic N) is 1. The van der Waals surface area contributed by atoms with Crippen LogP contribution in [-0.2, 0) is 4.74 Å². The zero-order chi connectivity index (χ0) is 7.40. The fraction of sp³-hybridized carbons (Fsp3) is 0.333. The molecule has 0 bridgehead atoms. The van der Waals surface area contributed by atoms with Crippen molar-refractivity contribution in [1.82, 2.24) is 9.97 Å². The molecule has 0 aliphatic carbocycles. The van der Waals surface area contributed by atoms with Crippen molar-refractivity contribution in [1.29, 1.82) is 0 Å². The number of hydrogen-bond acceptors (Lipinski definition) is 3. The van der Waals surface area contributed by atoms with Gasteiger partial charge in [-0.2, -0.15) is 0 Å². The van der Waals surface area contributed by atoms with Crippen molar-refractivity contribution in [2.75, 3.05) is 13.7 Å².